The van der Waals surface area contributed by atoms with E-state index in [9.17, 15) is 14.7 Å². The SMILES string of the molecule is O=C(O)N1CCC(n2c(=O)[nH]c3ccccc32)C[C@@H]1CCCN(CCCc1ccccc1)Cc1ccccc1. The Hall–Kier alpha value is -3.84. The Morgan fingerprint density at radius 2 is 1.56 bits per heavy atom. The molecule has 5 rings (SSSR count). The number of hydrogen-bond acceptors (Lipinski definition) is 3. The van der Waals surface area contributed by atoms with Crippen molar-refractivity contribution in [2.75, 3.05) is 19.6 Å². The van der Waals surface area contributed by atoms with Crippen molar-refractivity contribution >= 4 is 17.1 Å². The van der Waals surface area contributed by atoms with E-state index >= 15 is 0 Å². The van der Waals surface area contributed by atoms with Crippen LogP contribution in [0.25, 0.3) is 11.0 Å². The van der Waals surface area contributed by atoms with Gasteiger partial charge in [0.15, 0.2) is 0 Å². The number of piperidine rings is 1. The summed E-state index contributed by atoms with van der Waals surface area (Å²) in [5.41, 5.74) is 4.25. The molecule has 1 aliphatic rings. The number of carbonyl (C=O) groups is 1. The van der Waals surface area contributed by atoms with Crippen molar-refractivity contribution in [1.82, 2.24) is 19.4 Å². The number of fused-ring (bicyclic) bond motifs is 1. The molecule has 1 fully saturated rings. The highest BCUT2D eigenvalue weighted by Gasteiger charge is 2.33. The van der Waals surface area contributed by atoms with Gasteiger partial charge in [0.25, 0.3) is 0 Å². The monoisotopic (exact) mass is 526 g/mol. The zero-order valence-corrected chi connectivity index (χ0v) is 22.4. The number of nitrogens with one attached hydrogen (secondary N) is 1. The average molecular weight is 527 g/mol. The quantitative estimate of drug-likeness (QED) is 0.254. The summed E-state index contributed by atoms with van der Waals surface area (Å²) in [6.45, 7) is 3.23. The molecule has 2 heterocycles. The highest BCUT2D eigenvalue weighted by atomic mass is 16.4. The summed E-state index contributed by atoms with van der Waals surface area (Å²) in [5.74, 6) is 0. The molecular formula is C32H38N4O3. The van der Waals surface area contributed by atoms with Gasteiger partial charge in [0.2, 0.25) is 0 Å². The number of carboxylic acid groups (broad SMARTS) is 1. The number of H-pyrrole nitrogens is 1. The van der Waals surface area contributed by atoms with E-state index in [0.717, 1.165) is 56.4 Å². The summed E-state index contributed by atoms with van der Waals surface area (Å²) < 4.78 is 1.84. The maximum Gasteiger partial charge on any atom is 0.407 e. The number of aryl methyl sites for hydroxylation is 1. The van der Waals surface area contributed by atoms with Crippen molar-refractivity contribution in [1.29, 1.82) is 0 Å². The second-order valence-electron chi connectivity index (χ2n) is 10.6. The topological polar surface area (TPSA) is 81.6 Å². The lowest BCUT2D eigenvalue weighted by Gasteiger charge is -2.38. The first-order valence-corrected chi connectivity index (χ1v) is 14.1. The Morgan fingerprint density at radius 3 is 2.31 bits per heavy atom. The highest BCUT2D eigenvalue weighted by molar-refractivity contribution is 5.75. The van der Waals surface area contributed by atoms with Gasteiger partial charge in [-0.25, -0.2) is 9.59 Å². The number of aromatic nitrogens is 2. The number of nitrogens with zero attached hydrogens (tertiary/aromatic N) is 3. The summed E-state index contributed by atoms with van der Waals surface area (Å²) in [6, 6.07) is 28.7. The minimum Gasteiger partial charge on any atom is -0.465 e. The molecule has 204 valence electrons. The number of rotatable bonds is 11. The van der Waals surface area contributed by atoms with Gasteiger partial charge in [-0.2, -0.15) is 0 Å². The predicted octanol–water partition coefficient (Wildman–Crippen LogP) is 5.93. The van der Waals surface area contributed by atoms with Crippen molar-refractivity contribution < 1.29 is 9.90 Å². The maximum atomic E-state index is 12.8. The van der Waals surface area contributed by atoms with Gasteiger partial charge in [-0.3, -0.25) is 9.47 Å². The molecule has 1 saturated heterocycles. The van der Waals surface area contributed by atoms with Gasteiger partial charge >= 0.3 is 11.8 Å². The van der Waals surface area contributed by atoms with E-state index in [1.807, 2.05) is 34.9 Å². The largest absolute Gasteiger partial charge is 0.465 e. The molecule has 3 aromatic carbocycles. The number of hydrogen-bond donors (Lipinski definition) is 2. The molecular weight excluding hydrogens is 488 g/mol. The van der Waals surface area contributed by atoms with Crippen LogP contribution in [0.15, 0.2) is 89.7 Å². The lowest BCUT2D eigenvalue weighted by molar-refractivity contribution is 0.0855. The van der Waals surface area contributed by atoms with Gasteiger partial charge in [0.05, 0.1) is 11.0 Å². The van der Waals surface area contributed by atoms with Crippen LogP contribution in [-0.4, -0.2) is 56.2 Å². The zero-order valence-electron chi connectivity index (χ0n) is 22.4. The first kappa shape index (κ1) is 26.8. The molecule has 2 N–H and O–H groups in total. The van der Waals surface area contributed by atoms with E-state index in [0.29, 0.717) is 19.4 Å². The van der Waals surface area contributed by atoms with Crippen LogP contribution in [0.1, 0.15) is 49.3 Å². The molecule has 0 bridgehead atoms. The number of imidazole rings is 1. The molecule has 0 saturated carbocycles. The van der Waals surface area contributed by atoms with E-state index in [2.05, 4.69) is 64.5 Å². The molecule has 1 amide bonds. The molecule has 1 aromatic heterocycles. The van der Waals surface area contributed by atoms with Gasteiger partial charge in [-0.1, -0.05) is 72.8 Å². The lowest BCUT2D eigenvalue weighted by atomic mass is 9.93. The van der Waals surface area contributed by atoms with E-state index in [4.69, 9.17) is 0 Å². The Bertz CT molecular complexity index is 1400. The minimum atomic E-state index is -0.867. The Labute approximate surface area is 229 Å². The smallest absolute Gasteiger partial charge is 0.407 e. The average Bonchev–Trinajstić information content (AvgIpc) is 3.29. The Morgan fingerprint density at radius 1 is 0.897 bits per heavy atom. The zero-order chi connectivity index (χ0) is 27.0. The third-order valence-electron chi connectivity index (χ3n) is 7.97. The third-order valence-corrected chi connectivity index (χ3v) is 7.97. The first-order chi connectivity index (χ1) is 19.1. The van der Waals surface area contributed by atoms with Crippen LogP contribution in [0.3, 0.4) is 0 Å². The second kappa shape index (κ2) is 12.8. The van der Waals surface area contributed by atoms with Crippen molar-refractivity contribution in [3.8, 4) is 0 Å². The van der Waals surface area contributed by atoms with Gasteiger partial charge < -0.3 is 15.0 Å². The Balaban J connectivity index is 1.23. The molecule has 7 heteroatoms. The molecule has 2 atom stereocenters. The molecule has 0 spiro atoms. The molecule has 0 aliphatic carbocycles. The van der Waals surface area contributed by atoms with E-state index in [1.165, 1.54) is 11.1 Å². The van der Waals surface area contributed by atoms with Gasteiger partial charge in [0, 0.05) is 25.2 Å². The molecule has 0 radical (unpaired) electrons. The molecule has 1 aliphatic heterocycles. The molecule has 39 heavy (non-hydrogen) atoms. The van der Waals surface area contributed by atoms with Crippen molar-refractivity contribution in [3.05, 3.63) is 107 Å². The maximum absolute atomic E-state index is 12.8. The Kier molecular flexibility index (Phi) is 8.78. The lowest BCUT2D eigenvalue weighted by Crippen LogP contribution is -2.47. The van der Waals surface area contributed by atoms with Crippen LogP contribution < -0.4 is 5.69 Å². The minimum absolute atomic E-state index is 0.0134. The third kappa shape index (κ3) is 6.79. The van der Waals surface area contributed by atoms with Crippen LogP contribution in [0.2, 0.25) is 0 Å². The first-order valence-electron chi connectivity index (χ1n) is 14.1. The van der Waals surface area contributed by atoms with Gasteiger partial charge in [-0.05, 0) is 74.9 Å². The van der Waals surface area contributed by atoms with Crippen LogP contribution in [-0.2, 0) is 13.0 Å². The fourth-order valence-corrected chi connectivity index (χ4v) is 6.04. The number of amides is 1. The van der Waals surface area contributed by atoms with Crippen molar-refractivity contribution in [2.45, 2.75) is 57.2 Å². The summed E-state index contributed by atoms with van der Waals surface area (Å²) in [7, 11) is 0. The van der Waals surface area contributed by atoms with Crippen LogP contribution in [0, 0.1) is 0 Å². The van der Waals surface area contributed by atoms with E-state index in [-0.39, 0.29) is 17.8 Å². The molecule has 1 unspecified atom stereocenters. The highest BCUT2D eigenvalue weighted by Crippen LogP contribution is 2.31. The summed E-state index contributed by atoms with van der Waals surface area (Å²) in [6.07, 6.45) is 4.24. The van der Waals surface area contributed by atoms with E-state index < -0.39 is 6.09 Å². The number of likely N-dealkylation sites (tertiary alicyclic amines) is 1. The fourth-order valence-electron chi connectivity index (χ4n) is 6.04. The predicted molar refractivity (Wildman–Crippen MR) is 155 cm³/mol. The summed E-state index contributed by atoms with van der Waals surface area (Å²) in [4.78, 5) is 31.9. The fraction of sp³-hybridized carbons (Fsp3) is 0.375. The van der Waals surface area contributed by atoms with Crippen LogP contribution in [0.5, 0.6) is 0 Å². The van der Waals surface area contributed by atoms with Crippen molar-refractivity contribution in [2.24, 2.45) is 0 Å². The summed E-state index contributed by atoms with van der Waals surface area (Å²) in [5, 5.41) is 9.92. The van der Waals surface area contributed by atoms with Crippen LogP contribution in [0.4, 0.5) is 4.79 Å². The standard InChI is InChI=1S/C32H38N4O3/c37-31-33-29-17-7-8-18-30(29)36(31)28-19-22-35(32(38)39)27(23-28)16-10-21-34(24-26-13-5-2-6-14-26)20-9-15-25-11-3-1-4-12-25/h1-8,11-14,17-18,27-28H,9-10,15-16,19-24H2,(H,33,37)(H,38,39)/t27-,28?/m0/s1. The number of para-hydroxylation sites is 2. The van der Waals surface area contributed by atoms with E-state index in [1.54, 1.807) is 4.90 Å². The molecule has 4 aromatic rings. The number of aromatic amines is 1. The van der Waals surface area contributed by atoms with Crippen LogP contribution >= 0.6 is 0 Å². The summed E-state index contributed by atoms with van der Waals surface area (Å²) >= 11 is 0. The van der Waals surface area contributed by atoms with Gasteiger partial charge in [-0.15, -0.1) is 0 Å². The second-order valence-corrected chi connectivity index (χ2v) is 10.6. The number of benzene rings is 3. The van der Waals surface area contributed by atoms with Crippen molar-refractivity contribution in [3.63, 3.8) is 0 Å². The normalized spacial score (nSPS) is 17.6. The molecule has 7 nitrogen and oxygen atoms in total. The van der Waals surface area contributed by atoms with Gasteiger partial charge in [0.1, 0.15) is 0 Å².